The Morgan fingerprint density at radius 3 is 3.04 bits per heavy atom. The van der Waals surface area contributed by atoms with E-state index < -0.39 is 0 Å². The first-order valence-corrected chi connectivity index (χ1v) is 9.17. The maximum atomic E-state index is 13.2. The minimum Gasteiger partial charge on any atom is -0.465 e. The van der Waals surface area contributed by atoms with Gasteiger partial charge in [-0.2, -0.15) is 5.10 Å². The number of aromatic nitrogens is 2. The minimum atomic E-state index is -0.126. The maximum Gasteiger partial charge on any atom is 0.258 e. The molecule has 0 saturated carbocycles. The molecule has 0 aromatic carbocycles. The molecule has 1 aliphatic carbocycles. The Morgan fingerprint density at radius 2 is 2.23 bits per heavy atom. The third kappa shape index (κ3) is 3.19. The molecule has 2 aliphatic rings. The quantitative estimate of drug-likeness (QED) is 0.842. The van der Waals surface area contributed by atoms with Crippen molar-refractivity contribution in [3.05, 3.63) is 41.1 Å². The molecule has 7 nitrogen and oxygen atoms in total. The van der Waals surface area contributed by atoms with Gasteiger partial charge in [0.05, 0.1) is 23.8 Å². The standard InChI is InChI=1S/C19H23N3O4/c1-13-17(18-15(23)5-2-6-16(18)26-13)19(24)21-8-4-10-25-14(11-21)12-22-9-3-7-20-22/h3,7,9,14H,2,4-6,8,10-12H2,1H3/t14-/m1/s1. The lowest BCUT2D eigenvalue weighted by Gasteiger charge is -2.24. The van der Waals surface area contributed by atoms with E-state index in [-0.39, 0.29) is 17.8 Å². The summed E-state index contributed by atoms with van der Waals surface area (Å²) >= 11 is 0. The molecule has 1 atom stereocenters. The molecule has 7 heteroatoms. The van der Waals surface area contributed by atoms with Crippen molar-refractivity contribution >= 4 is 11.7 Å². The highest BCUT2D eigenvalue weighted by molar-refractivity contribution is 6.10. The van der Waals surface area contributed by atoms with Crippen molar-refractivity contribution in [3.63, 3.8) is 0 Å². The van der Waals surface area contributed by atoms with E-state index in [0.717, 1.165) is 19.3 Å². The number of hydrogen-bond donors (Lipinski definition) is 0. The van der Waals surface area contributed by atoms with Gasteiger partial charge in [-0.3, -0.25) is 14.3 Å². The zero-order valence-corrected chi connectivity index (χ0v) is 14.9. The molecule has 1 fully saturated rings. The number of amides is 1. The van der Waals surface area contributed by atoms with E-state index in [4.69, 9.17) is 9.15 Å². The summed E-state index contributed by atoms with van der Waals surface area (Å²) < 4.78 is 13.5. The molecule has 0 unspecified atom stereocenters. The van der Waals surface area contributed by atoms with Gasteiger partial charge in [-0.1, -0.05) is 0 Å². The summed E-state index contributed by atoms with van der Waals surface area (Å²) in [5.74, 6) is 1.11. The predicted octanol–water partition coefficient (Wildman–Crippen LogP) is 2.23. The molecule has 0 radical (unpaired) electrons. The molecule has 138 valence electrons. The lowest BCUT2D eigenvalue weighted by Crippen LogP contribution is -2.39. The average Bonchev–Trinajstić information content (AvgIpc) is 3.17. The van der Waals surface area contributed by atoms with E-state index in [1.165, 1.54) is 0 Å². The van der Waals surface area contributed by atoms with Crippen LogP contribution >= 0.6 is 0 Å². The van der Waals surface area contributed by atoms with E-state index in [2.05, 4.69) is 5.10 Å². The van der Waals surface area contributed by atoms with Crippen LogP contribution in [0.25, 0.3) is 0 Å². The van der Waals surface area contributed by atoms with Crippen molar-refractivity contribution in [2.45, 2.75) is 45.3 Å². The largest absolute Gasteiger partial charge is 0.465 e. The summed E-state index contributed by atoms with van der Waals surface area (Å²) in [5, 5.41) is 4.22. The van der Waals surface area contributed by atoms with Crippen molar-refractivity contribution in [2.24, 2.45) is 0 Å². The molecule has 0 bridgehead atoms. The zero-order chi connectivity index (χ0) is 18.1. The van der Waals surface area contributed by atoms with Gasteiger partial charge in [0.1, 0.15) is 11.5 Å². The first kappa shape index (κ1) is 17.0. The highest BCUT2D eigenvalue weighted by Gasteiger charge is 2.33. The predicted molar refractivity (Wildman–Crippen MR) is 93.2 cm³/mol. The van der Waals surface area contributed by atoms with Crippen LogP contribution in [0.15, 0.2) is 22.9 Å². The molecular weight excluding hydrogens is 334 g/mol. The fourth-order valence-corrected chi connectivity index (χ4v) is 3.83. The maximum absolute atomic E-state index is 13.2. The number of furan rings is 1. The van der Waals surface area contributed by atoms with Crippen LogP contribution in [0.4, 0.5) is 0 Å². The van der Waals surface area contributed by atoms with Gasteiger partial charge in [0.25, 0.3) is 5.91 Å². The van der Waals surface area contributed by atoms with Gasteiger partial charge >= 0.3 is 0 Å². The Bertz CT molecular complexity index is 809. The second-order valence-corrected chi connectivity index (χ2v) is 6.93. The minimum absolute atomic E-state index is 0.0191. The molecule has 2 aromatic heterocycles. The fourth-order valence-electron chi connectivity index (χ4n) is 3.83. The van der Waals surface area contributed by atoms with Crippen LogP contribution in [0.2, 0.25) is 0 Å². The highest BCUT2D eigenvalue weighted by Crippen LogP contribution is 2.30. The van der Waals surface area contributed by atoms with Crippen LogP contribution in [-0.4, -0.2) is 52.2 Å². The summed E-state index contributed by atoms with van der Waals surface area (Å²) in [5.41, 5.74) is 0.956. The van der Waals surface area contributed by atoms with Gasteiger partial charge in [0, 0.05) is 44.9 Å². The molecule has 4 rings (SSSR count). The number of aryl methyl sites for hydroxylation is 2. The van der Waals surface area contributed by atoms with E-state index in [0.29, 0.717) is 55.3 Å². The Kier molecular flexibility index (Phi) is 4.63. The number of hydrogen-bond acceptors (Lipinski definition) is 5. The van der Waals surface area contributed by atoms with Crippen LogP contribution in [0.5, 0.6) is 0 Å². The topological polar surface area (TPSA) is 77.6 Å². The van der Waals surface area contributed by atoms with Crippen molar-refractivity contribution in [1.82, 2.24) is 14.7 Å². The van der Waals surface area contributed by atoms with Gasteiger partial charge in [-0.25, -0.2) is 0 Å². The number of carbonyl (C=O) groups is 2. The van der Waals surface area contributed by atoms with Gasteiger partial charge in [-0.05, 0) is 25.8 Å². The van der Waals surface area contributed by atoms with E-state index >= 15 is 0 Å². The van der Waals surface area contributed by atoms with Gasteiger partial charge in [0.2, 0.25) is 0 Å². The Balaban J connectivity index is 1.57. The normalized spacial score (nSPS) is 20.7. The van der Waals surface area contributed by atoms with Crippen molar-refractivity contribution in [1.29, 1.82) is 0 Å². The number of ketones is 1. The molecule has 0 spiro atoms. The van der Waals surface area contributed by atoms with Gasteiger partial charge in [-0.15, -0.1) is 0 Å². The smallest absolute Gasteiger partial charge is 0.258 e. The van der Waals surface area contributed by atoms with E-state index in [1.807, 2.05) is 16.9 Å². The number of carbonyl (C=O) groups excluding carboxylic acids is 2. The molecule has 1 amide bonds. The number of ether oxygens (including phenoxy) is 1. The molecule has 0 N–H and O–H groups in total. The van der Waals surface area contributed by atoms with Gasteiger partial charge < -0.3 is 14.1 Å². The fraction of sp³-hybridized carbons (Fsp3) is 0.526. The van der Waals surface area contributed by atoms with E-state index in [1.54, 1.807) is 18.0 Å². The summed E-state index contributed by atoms with van der Waals surface area (Å²) in [6, 6.07) is 1.87. The number of nitrogens with zero attached hydrogens (tertiary/aromatic N) is 3. The Hall–Kier alpha value is -2.41. The average molecular weight is 357 g/mol. The van der Waals surface area contributed by atoms with Crippen molar-refractivity contribution in [3.8, 4) is 0 Å². The molecule has 26 heavy (non-hydrogen) atoms. The van der Waals surface area contributed by atoms with Crippen LogP contribution < -0.4 is 0 Å². The summed E-state index contributed by atoms with van der Waals surface area (Å²) in [4.78, 5) is 27.4. The Morgan fingerprint density at radius 1 is 1.35 bits per heavy atom. The van der Waals surface area contributed by atoms with Crippen LogP contribution in [0.1, 0.15) is 51.5 Å². The first-order chi connectivity index (χ1) is 12.6. The third-order valence-corrected chi connectivity index (χ3v) is 5.04. The lowest BCUT2D eigenvalue weighted by atomic mass is 9.93. The number of fused-ring (bicyclic) bond motifs is 1. The first-order valence-electron chi connectivity index (χ1n) is 9.17. The van der Waals surface area contributed by atoms with E-state index in [9.17, 15) is 9.59 Å². The monoisotopic (exact) mass is 357 g/mol. The Labute approximate surface area is 151 Å². The molecule has 1 saturated heterocycles. The summed E-state index contributed by atoms with van der Waals surface area (Å²) in [6.45, 7) is 4.07. The number of rotatable bonds is 3. The lowest BCUT2D eigenvalue weighted by molar-refractivity contribution is 0.0366. The molecule has 2 aromatic rings. The number of Topliss-reactive ketones (excluding diaryl/α,β-unsaturated/α-hetero) is 1. The molecular formula is C19H23N3O4. The SMILES string of the molecule is Cc1oc2c(c1C(=O)N1CCCO[C@@H](Cn3cccn3)C1)C(=O)CCC2. The van der Waals surface area contributed by atoms with Crippen molar-refractivity contribution in [2.75, 3.05) is 19.7 Å². The van der Waals surface area contributed by atoms with Crippen molar-refractivity contribution < 1.29 is 18.7 Å². The summed E-state index contributed by atoms with van der Waals surface area (Å²) in [6.07, 6.45) is 6.25. The third-order valence-electron chi connectivity index (χ3n) is 5.04. The van der Waals surface area contributed by atoms with Crippen LogP contribution in [0, 0.1) is 6.92 Å². The molecule has 1 aliphatic heterocycles. The second kappa shape index (κ2) is 7.07. The molecule has 3 heterocycles. The highest BCUT2D eigenvalue weighted by atomic mass is 16.5. The summed E-state index contributed by atoms with van der Waals surface area (Å²) in [7, 11) is 0. The second-order valence-electron chi connectivity index (χ2n) is 6.93. The van der Waals surface area contributed by atoms with Crippen LogP contribution in [0.3, 0.4) is 0 Å². The van der Waals surface area contributed by atoms with Crippen LogP contribution in [-0.2, 0) is 17.7 Å². The van der Waals surface area contributed by atoms with Gasteiger partial charge in [0.15, 0.2) is 5.78 Å². The zero-order valence-electron chi connectivity index (χ0n) is 14.9.